The molecule has 1 aliphatic heterocycles. The average Bonchev–Trinajstić information content (AvgIpc) is 3.14. The van der Waals surface area contributed by atoms with E-state index in [0.29, 0.717) is 35.0 Å². The van der Waals surface area contributed by atoms with Gasteiger partial charge in [-0.05, 0) is 53.6 Å². The molecule has 206 valence electrons. The molecule has 0 amide bonds. The second-order valence-corrected chi connectivity index (χ2v) is 12.2. The quantitative estimate of drug-likeness (QED) is 0.348. The SMILES string of the molecule is O=S(=O)(Nc1c[nH]c2ccc(COCc3ccc(C(F)(F)F)cc3)cc12)C1CC2(C1)CN(CC(F)(F)F)C2. The minimum atomic E-state index is -4.40. The summed E-state index contributed by atoms with van der Waals surface area (Å²) in [6, 6.07) is 10.0. The molecule has 2 aromatic carbocycles. The first kappa shape index (κ1) is 26.8. The number of halogens is 6. The number of hydrogen-bond acceptors (Lipinski definition) is 4. The molecule has 2 N–H and O–H groups in total. The molecule has 6 nitrogen and oxygen atoms in total. The van der Waals surface area contributed by atoms with Gasteiger partial charge in [-0.25, -0.2) is 8.42 Å². The predicted molar refractivity (Wildman–Crippen MR) is 129 cm³/mol. The summed E-state index contributed by atoms with van der Waals surface area (Å²) in [5, 5.41) is -0.0472. The van der Waals surface area contributed by atoms with Crippen LogP contribution in [-0.4, -0.2) is 49.4 Å². The van der Waals surface area contributed by atoms with E-state index in [1.54, 1.807) is 18.2 Å². The lowest BCUT2D eigenvalue weighted by Gasteiger charge is -2.58. The second-order valence-electron chi connectivity index (χ2n) is 10.2. The van der Waals surface area contributed by atoms with Crippen molar-refractivity contribution in [2.24, 2.45) is 5.41 Å². The van der Waals surface area contributed by atoms with Crippen LogP contribution in [-0.2, 0) is 34.2 Å². The molecule has 1 saturated carbocycles. The molecule has 0 bridgehead atoms. The van der Waals surface area contributed by atoms with E-state index < -0.39 is 39.7 Å². The number of benzene rings is 2. The molecule has 1 aromatic heterocycles. The first-order valence-corrected chi connectivity index (χ1v) is 13.4. The van der Waals surface area contributed by atoms with Gasteiger partial charge in [0, 0.05) is 30.2 Å². The summed E-state index contributed by atoms with van der Waals surface area (Å²) in [5.74, 6) is 0. The van der Waals surface area contributed by atoms with Crippen LogP contribution in [0.2, 0.25) is 0 Å². The number of ether oxygens (including phenoxy) is 1. The van der Waals surface area contributed by atoms with Crippen LogP contribution in [0.1, 0.15) is 29.5 Å². The summed E-state index contributed by atoms with van der Waals surface area (Å²) >= 11 is 0. The van der Waals surface area contributed by atoms with Gasteiger partial charge in [0.25, 0.3) is 0 Å². The molecule has 2 aliphatic rings. The van der Waals surface area contributed by atoms with Crippen molar-refractivity contribution in [3.63, 3.8) is 0 Å². The number of H-pyrrole nitrogens is 1. The van der Waals surface area contributed by atoms with E-state index in [4.69, 9.17) is 4.74 Å². The number of sulfonamides is 1. The van der Waals surface area contributed by atoms with E-state index >= 15 is 0 Å². The maximum Gasteiger partial charge on any atom is 0.416 e. The molecule has 0 unspecified atom stereocenters. The summed E-state index contributed by atoms with van der Waals surface area (Å²) in [4.78, 5) is 4.29. The molecule has 3 aromatic rings. The number of fused-ring (bicyclic) bond motifs is 1. The molecule has 0 atom stereocenters. The molecule has 1 saturated heterocycles. The van der Waals surface area contributed by atoms with Crippen LogP contribution < -0.4 is 4.72 Å². The zero-order valence-electron chi connectivity index (χ0n) is 20.0. The van der Waals surface area contributed by atoms with Gasteiger partial charge in [-0.1, -0.05) is 18.2 Å². The lowest BCUT2D eigenvalue weighted by molar-refractivity contribution is -0.178. The van der Waals surface area contributed by atoms with E-state index in [9.17, 15) is 34.8 Å². The fourth-order valence-electron chi connectivity index (χ4n) is 5.31. The van der Waals surface area contributed by atoms with Gasteiger partial charge in [-0.2, -0.15) is 26.3 Å². The molecule has 2 fully saturated rings. The molecule has 2 heterocycles. The maximum atomic E-state index is 12.9. The number of nitrogens with one attached hydrogen (secondary N) is 2. The van der Waals surface area contributed by atoms with Crippen LogP contribution in [0.25, 0.3) is 10.9 Å². The monoisotopic (exact) mass is 561 g/mol. The van der Waals surface area contributed by atoms with Gasteiger partial charge in [0.05, 0.1) is 36.3 Å². The number of hydrogen-bond donors (Lipinski definition) is 2. The Bertz CT molecular complexity index is 1400. The molecule has 0 radical (unpaired) electrons. The smallest absolute Gasteiger partial charge is 0.372 e. The van der Waals surface area contributed by atoms with Crippen molar-refractivity contribution in [1.29, 1.82) is 0 Å². The number of likely N-dealkylation sites (tertiary alicyclic amines) is 1. The topological polar surface area (TPSA) is 74.4 Å². The van der Waals surface area contributed by atoms with E-state index in [2.05, 4.69) is 9.71 Å². The van der Waals surface area contributed by atoms with Gasteiger partial charge in [0.15, 0.2) is 0 Å². The Hall–Kier alpha value is -2.77. The van der Waals surface area contributed by atoms with E-state index in [-0.39, 0.29) is 31.7 Å². The van der Waals surface area contributed by atoms with Crippen LogP contribution >= 0.6 is 0 Å². The maximum absolute atomic E-state index is 12.9. The van der Waals surface area contributed by atoms with Gasteiger partial charge >= 0.3 is 12.4 Å². The normalized spacial score (nSPS) is 18.5. The molecular formula is C25H25F6N3O3S. The van der Waals surface area contributed by atoms with Crippen LogP contribution in [0.3, 0.4) is 0 Å². The van der Waals surface area contributed by atoms with E-state index in [1.807, 2.05) is 0 Å². The molecule has 38 heavy (non-hydrogen) atoms. The third kappa shape index (κ3) is 5.79. The Balaban J connectivity index is 1.16. The van der Waals surface area contributed by atoms with Crippen LogP contribution in [0, 0.1) is 5.41 Å². The van der Waals surface area contributed by atoms with Crippen LogP contribution in [0.15, 0.2) is 48.7 Å². The van der Waals surface area contributed by atoms with Gasteiger partial charge < -0.3 is 9.72 Å². The first-order chi connectivity index (χ1) is 17.7. The Labute approximate surface area is 215 Å². The minimum Gasteiger partial charge on any atom is -0.372 e. The van der Waals surface area contributed by atoms with Crippen molar-refractivity contribution < 1.29 is 39.5 Å². The van der Waals surface area contributed by atoms with Gasteiger partial charge in [-0.3, -0.25) is 9.62 Å². The molecule has 1 aliphatic carbocycles. The van der Waals surface area contributed by atoms with Gasteiger partial charge in [-0.15, -0.1) is 0 Å². The second kappa shape index (κ2) is 9.45. The number of rotatable bonds is 8. The number of anilines is 1. The summed E-state index contributed by atoms with van der Waals surface area (Å²) in [6.07, 6.45) is -6.48. The first-order valence-electron chi connectivity index (χ1n) is 11.9. The van der Waals surface area contributed by atoms with E-state index in [0.717, 1.165) is 17.7 Å². The average molecular weight is 562 g/mol. The summed E-state index contributed by atoms with van der Waals surface area (Å²) in [7, 11) is -3.74. The molecular weight excluding hydrogens is 536 g/mol. The third-order valence-electron chi connectivity index (χ3n) is 7.10. The Morgan fingerprint density at radius 2 is 1.61 bits per heavy atom. The summed E-state index contributed by atoms with van der Waals surface area (Å²) in [5.41, 5.74) is 1.29. The lowest BCUT2D eigenvalue weighted by atomic mass is 9.63. The number of alkyl halides is 6. The highest BCUT2D eigenvalue weighted by atomic mass is 32.2. The molecule has 5 rings (SSSR count). The zero-order chi connectivity index (χ0) is 27.3. The molecule has 1 spiro atoms. The number of aromatic amines is 1. The van der Waals surface area contributed by atoms with Crippen molar-refractivity contribution in [2.75, 3.05) is 24.4 Å². The zero-order valence-corrected chi connectivity index (χ0v) is 20.8. The van der Waals surface area contributed by atoms with Crippen molar-refractivity contribution >= 4 is 26.6 Å². The fraction of sp³-hybridized carbons (Fsp3) is 0.440. The Morgan fingerprint density at radius 1 is 0.974 bits per heavy atom. The van der Waals surface area contributed by atoms with Crippen molar-refractivity contribution in [3.05, 3.63) is 65.4 Å². The minimum absolute atomic E-state index is 0.104. The fourth-order valence-corrected chi connectivity index (χ4v) is 7.09. The summed E-state index contributed by atoms with van der Waals surface area (Å²) in [6.45, 7) is -0.209. The van der Waals surface area contributed by atoms with Crippen molar-refractivity contribution in [1.82, 2.24) is 9.88 Å². The number of nitrogens with zero attached hydrogens (tertiary/aromatic N) is 1. The highest BCUT2D eigenvalue weighted by Crippen LogP contribution is 2.51. The number of aromatic nitrogens is 1. The van der Waals surface area contributed by atoms with Crippen molar-refractivity contribution in [2.45, 2.75) is 43.7 Å². The largest absolute Gasteiger partial charge is 0.416 e. The van der Waals surface area contributed by atoms with Crippen LogP contribution in [0.4, 0.5) is 32.0 Å². The van der Waals surface area contributed by atoms with E-state index in [1.165, 1.54) is 23.2 Å². The Kier molecular flexibility index (Phi) is 6.67. The predicted octanol–water partition coefficient (Wildman–Crippen LogP) is 5.67. The van der Waals surface area contributed by atoms with Gasteiger partial charge in [0.1, 0.15) is 0 Å². The Morgan fingerprint density at radius 3 is 2.24 bits per heavy atom. The highest BCUT2D eigenvalue weighted by molar-refractivity contribution is 7.93. The van der Waals surface area contributed by atoms with Crippen molar-refractivity contribution in [3.8, 4) is 0 Å². The van der Waals surface area contributed by atoms with Crippen LogP contribution in [0.5, 0.6) is 0 Å². The summed E-state index contributed by atoms with van der Waals surface area (Å²) < 4.78 is 110. The lowest BCUT2D eigenvalue weighted by Crippen LogP contribution is -2.66. The highest BCUT2D eigenvalue weighted by Gasteiger charge is 2.57. The third-order valence-corrected chi connectivity index (χ3v) is 8.81. The molecule has 13 heteroatoms. The standard InChI is InChI=1S/C25H25F6N3O3S/c26-24(27,28)15-34-13-23(14-34)8-19(9-23)38(35,36)33-22-10-32-21-6-3-17(7-20(21)22)12-37-11-16-1-4-18(5-2-16)25(29,30)31/h1-7,10,19,32-33H,8-9,11-15H2. The van der Waals surface area contributed by atoms with Gasteiger partial charge in [0.2, 0.25) is 10.0 Å².